The van der Waals surface area contributed by atoms with Gasteiger partial charge in [-0.2, -0.15) is 0 Å². The number of nitrogens with zero attached hydrogens (tertiary/aromatic N) is 1. The standard InChI is InChI=1S/C19H30N4O2/c1-3-6-16-15(13-20-22-16)19(24)23-11-9-14(10-12-23)21-17-7-4-5-8-18(17)25-2/h4-5,7-8,14-16,20-22H,3,6,9-13H2,1-2H3. The molecule has 2 heterocycles. The van der Waals surface area contributed by atoms with E-state index in [2.05, 4.69) is 23.1 Å². The first kappa shape index (κ1) is 18.0. The number of rotatable bonds is 6. The minimum atomic E-state index is 0.0682. The number of hydrogen-bond donors (Lipinski definition) is 3. The van der Waals surface area contributed by atoms with Crippen molar-refractivity contribution in [2.45, 2.75) is 44.7 Å². The van der Waals surface area contributed by atoms with E-state index in [0.29, 0.717) is 11.9 Å². The predicted molar refractivity (Wildman–Crippen MR) is 99.5 cm³/mol. The second kappa shape index (κ2) is 8.54. The number of amides is 1. The fourth-order valence-corrected chi connectivity index (χ4v) is 3.85. The Bertz CT molecular complexity index is 572. The number of carbonyl (C=O) groups is 1. The van der Waals surface area contributed by atoms with E-state index in [-0.39, 0.29) is 12.0 Å². The van der Waals surface area contributed by atoms with E-state index in [1.165, 1.54) is 0 Å². The van der Waals surface area contributed by atoms with Crippen LogP contribution < -0.4 is 20.9 Å². The lowest BCUT2D eigenvalue weighted by Crippen LogP contribution is -2.47. The van der Waals surface area contributed by atoms with Gasteiger partial charge in [-0.3, -0.25) is 15.6 Å². The number of likely N-dealkylation sites (tertiary alicyclic amines) is 1. The summed E-state index contributed by atoms with van der Waals surface area (Å²) in [7, 11) is 1.69. The molecule has 2 saturated heterocycles. The Hall–Kier alpha value is -1.79. The molecule has 3 N–H and O–H groups in total. The van der Waals surface area contributed by atoms with Crippen LogP contribution >= 0.6 is 0 Å². The van der Waals surface area contributed by atoms with Crippen LogP contribution in [0.15, 0.2) is 24.3 Å². The molecule has 0 bridgehead atoms. The number of benzene rings is 1. The largest absolute Gasteiger partial charge is 0.495 e. The van der Waals surface area contributed by atoms with Crippen LogP contribution in [0.5, 0.6) is 5.75 Å². The highest BCUT2D eigenvalue weighted by Crippen LogP contribution is 2.26. The third kappa shape index (κ3) is 4.25. The minimum Gasteiger partial charge on any atom is -0.495 e. The number of nitrogens with one attached hydrogen (secondary N) is 3. The van der Waals surface area contributed by atoms with E-state index in [9.17, 15) is 4.79 Å². The Morgan fingerprint density at radius 1 is 1.32 bits per heavy atom. The molecule has 3 rings (SSSR count). The smallest absolute Gasteiger partial charge is 0.228 e. The summed E-state index contributed by atoms with van der Waals surface area (Å²) in [6.07, 6.45) is 4.06. The molecule has 2 unspecified atom stereocenters. The fraction of sp³-hybridized carbons (Fsp3) is 0.632. The molecule has 0 radical (unpaired) electrons. The predicted octanol–water partition coefficient (Wildman–Crippen LogP) is 1.99. The van der Waals surface area contributed by atoms with Gasteiger partial charge in [0.15, 0.2) is 0 Å². The van der Waals surface area contributed by atoms with Crippen LogP contribution in [-0.2, 0) is 4.79 Å². The quantitative estimate of drug-likeness (QED) is 0.735. The molecule has 0 aromatic heterocycles. The van der Waals surface area contributed by atoms with Crippen molar-refractivity contribution in [3.05, 3.63) is 24.3 Å². The molecule has 2 atom stereocenters. The second-order valence-electron chi connectivity index (χ2n) is 6.97. The van der Waals surface area contributed by atoms with Crippen LogP contribution in [-0.4, -0.2) is 49.6 Å². The van der Waals surface area contributed by atoms with Crippen molar-refractivity contribution in [2.24, 2.45) is 5.92 Å². The van der Waals surface area contributed by atoms with Crippen LogP contribution in [0.3, 0.4) is 0 Å². The van der Waals surface area contributed by atoms with Crippen molar-refractivity contribution in [3.8, 4) is 5.75 Å². The topological polar surface area (TPSA) is 65.6 Å². The maximum Gasteiger partial charge on any atom is 0.228 e. The lowest BCUT2D eigenvalue weighted by Gasteiger charge is -2.35. The summed E-state index contributed by atoms with van der Waals surface area (Å²) < 4.78 is 5.41. The van der Waals surface area contributed by atoms with Gasteiger partial charge in [-0.25, -0.2) is 0 Å². The molecule has 0 saturated carbocycles. The molecule has 1 amide bonds. The summed E-state index contributed by atoms with van der Waals surface area (Å²) in [4.78, 5) is 14.9. The molecule has 0 aliphatic carbocycles. The van der Waals surface area contributed by atoms with E-state index in [1.807, 2.05) is 29.2 Å². The Balaban J connectivity index is 1.52. The SMILES string of the molecule is CCCC1NNCC1C(=O)N1CCC(Nc2ccccc2OC)CC1. The van der Waals surface area contributed by atoms with Crippen molar-refractivity contribution in [1.29, 1.82) is 0 Å². The van der Waals surface area contributed by atoms with E-state index in [4.69, 9.17) is 4.74 Å². The van der Waals surface area contributed by atoms with Crippen molar-refractivity contribution in [3.63, 3.8) is 0 Å². The highest BCUT2D eigenvalue weighted by atomic mass is 16.5. The van der Waals surface area contributed by atoms with E-state index in [0.717, 1.165) is 56.8 Å². The zero-order valence-corrected chi connectivity index (χ0v) is 15.3. The molecule has 2 aliphatic heterocycles. The van der Waals surface area contributed by atoms with Gasteiger partial charge < -0.3 is 15.0 Å². The van der Waals surface area contributed by atoms with E-state index in [1.54, 1.807) is 7.11 Å². The van der Waals surface area contributed by atoms with Crippen molar-refractivity contribution in [1.82, 2.24) is 15.8 Å². The molecule has 1 aromatic rings. The lowest BCUT2D eigenvalue weighted by molar-refractivity contribution is -0.136. The molecule has 0 spiro atoms. The second-order valence-corrected chi connectivity index (χ2v) is 6.97. The summed E-state index contributed by atoms with van der Waals surface area (Å²) >= 11 is 0. The summed E-state index contributed by atoms with van der Waals surface area (Å²) in [6, 6.07) is 8.64. The van der Waals surface area contributed by atoms with Crippen LogP contribution in [0.1, 0.15) is 32.6 Å². The first-order chi connectivity index (χ1) is 12.2. The van der Waals surface area contributed by atoms with E-state index < -0.39 is 0 Å². The van der Waals surface area contributed by atoms with Gasteiger partial charge >= 0.3 is 0 Å². The lowest BCUT2D eigenvalue weighted by atomic mass is 9.95. The molecular formula is C19H30N4O2. The molecular weight excluding hydrogens is 316 g/mol. The number of para-hydroxylation sites is 2. The van der Waals surface area contributed by atoms with Crippen LogP contribution in [0, 0.1) is 5.92 Å². The third-order valence-corrected chi connectivity index (χ3v) is 5.29. The monoisotopic (exact) mass is 346 g/mol. The van der Waals surface area contributed by atoms with Crippen LogP contribution in [0.4, 0.5) is 5.69 Å². The van der Waals surface area contributed by atoms with Gasteiger partial charge in [0.25, 0.3) is 0 Å². The molecule has 6 nitrogen and oxygen atoms in total. The van der Waals surface area contributed by atoms with E-state index >= 15 is 0 Å². The first-order valence-electron chi connectivity index (χ1n) is 9.39. The molecule has 138 valence electrons. The number of piperidine rings is 1. The molecule has 25 heavy (non-hydrogen) atoms. The van der Waals surface area contributed by atoms with Crippen molar-refractivity contribution < 1.29 is 9.53 Å². The fourth-order valence-electron chi connectivity index (χ4n) is 3.85. The molecule has 6 heteroatoms. The zero-order valence-electron chi connectivity index (χ0n) is 15.3. The normalized spacial score (nSPS) is 24.3. The van der Waals surface area contributed by atoms with Gasteiger partial charge in [0.1, 0.15) is 5.75 Å². The van der Waals surface area contributed by atoms with Crippen molar-refractivity contribution in [2.75, 3.05) is 32.1 Å². The van der Waals surface area contributed by atoms with Gasteiger partial charge in [0, 0.05) is 31.7 Å². The third-order valence-electron chi connectivity index (χ3n) is 5.29. The van der Waals surface area contributed by atoms with Crippen molar-refractivity contribution >= 4 is 11.6 Å². The molecule has 2 aliphatic rings. The summed E-state index contributed by atoms with van der Waals surface area (Å²) in [5.74, 6) is 1.23. The van der Waals surface area contributed by atoms with Crippen LogP contribution in [0.2, 0.25) is 0 Å². The average Bonchev–Trinajstić information content (AvgIpc) is 3.11. The Labute approximate surface area is 150 Å². The average molecular weight is 346 g/mol. The Kier molecular flexibility index (Phi) is 6.15. The number of ether oxygens (including phenoxy) is 1. The van der Waals surface area contributed by atoms with Gasteiger partial charge in [-0.05, 0) is 31.4 Å². The number of hydrogen-bond acceptors (Lipinski definition) is 5. The molecule has 2 fully saturated rings. The number of carbonyl (C=O) groups excluding carboxylic acids is 1. The number of methoxy groups -OCH3 is 1. The van der Waals surface area contributed by atoms with Gasteiger partial charge in [0.2, 0.25) is 5.91 Å². The summed E-state index contributed by atoms with van der Waals surface area (Å²) in [6.45, 7) is 4.54. The van der Waals surface area contributed by atoms with Gasteiger partial charge in [0.05, 0.1) is 18.7 Å². The minimum absolute atomic E-state index is 0.0682. The molecule has 1 aromatic carbocycles. The highest BCUT2D eigenvalue weighted by molar-refractivity contribution is 5.80. The number of hydrazine groups is 1. The Morgan fingerprint density at radius 2 is 2.08 bits per heavy atom. The van der Waals surface area contributed by atoms with Crippen LogP contribution in [0.25, 0.3) is 0 Å². The zero-order chi connectivity index (χ0) is 17.6. The maximum absolute atomic E-state index is 12.9. The van der Waals surface area contributed by atoms with Gasteiger partial charge in [-0.15, -0.1) is 0 Å². The Morgan fingerprint density at radius 3 is 2.80 bits per heavy atom. The number of anilines is 1. The summed E-state index contributed by atoms with van der Waals surface area (Å²) in [5.41, 5.74) is 7.45. The highest BCUT2D eigenvalue weighted by Gasteiger charge is 2.36. The maximum atomic E-state index is 12.9. The summed E-state index contributed by atoms with van der Waals surface area (Å²) in [5, 5.41) is 3.57. The first-order valence-corrected chi connectivity index (χ1v) is 9.39. The van der Waals surface area contributed by atoms with Gasteiger partial charge in [-0.1, -0.05) is 25.5 Å².